The van der Waals surface area contributed by atoms with Crippen LogP contribution in [0.15, 0.2) is 145 Å². The van der Waals surface area contributed by atoms with Crippen molar-refractivity contribution in [1.82, 2.24) is 29.7 Å². The summed E-state index contributed by atoms with van der Waals surface area (Å²) in [5.41, 5.74) is 7.87. The predicted molar refractivity (Wildman–Crippen MR) is 209 cm³/mol. The predicted octanol–water partition coefficient (Wildman–Crippen LogP) is 9.37. The minimum absolute atomic E-state index is 0.0197. The second kappa shape index (κ2) is 20.2. The zero-order chi connectivity index (χ0) is 36.4. The zero-order valence-electron chi connectivity index (χ0n) is 29.5. The molecule has 0 aliphatic rings. The second-order valence-corrected chi connectivity index (χ2v) is 12.1. The number of hydrogen-bond acceptors (Lipinski definition) is 6. The van der Waals surface area contributed by atoms with Crippen LogP contribution in [-0.4, -0.2) is 67.7 Å². The molecule has 260 valence electrons. The topological polar surface area (TPSA) is 92.2 Å². The Balaban J connectivity index is 0.000000189. The molecule has 2 aromatic carbocycles. The number of nitrogens with zero attached hydrogens (tertiary/aromatic N) is 6. The van der Waals surface area contributed by atoms with Crippen LogP contribution in [0.3, 0.4) is 0 Å². The molecule has 51 heavy (non-hydrogen) atoms. The van der Waals surface area contributed by atoms with Crippen LogP contribution in [0, 0.1) is 0 Å². The standard InChI is InChI=1S/C21H21N3O.C11H8BrN.C10H14N2O/c1-3-24(4-2)21(25)20-15-23-14-11-19(20)18-7-5-16(6-8-18)17-9-12-22-13-10-17;12-11-3-1-9(2-4-11)10-5-7-13-8-6-10;1-3-12(4-2)10(13)9-6-5-7-11-8-9/h5-15H,3-4H2,1-2H3;1-8H;5-8H,3-4H2,1-2H3. The molecule has 6 aromatic rings. The summed E-state index contributed by atoms with van der Waals surface area (Å²) >= 11 is 3.41. The molecule has 0 bridgehead atoms. The highest BCUT2D eigenvalue weighted by Crippen LogP contribution is 2.27. The Hall–Kier alpha value is -5.54. The molecule has 0 unspecified atom stereocenters. The maximum Gasteiger partial charge on any atom is 0.256 e. The van der Waals surface area contributed by atoms with E-state index in [9.17, 15) is 9.59 Å². The maximum absolute atomic E-state index is 12.8. The Morgan fingerprint density at radius 1 is 0.490 bits per heavy atom. The first kappa shape index (κ1) is 38.3. The number of carbonyl (C=O) groups excluding carboxylic acids is 2. The van der Waals surface area contributed by atoms with Gasteiger partial charge in [0.2, 0.25) is 0 Å². The highest BCUT2D eigenvalue weighted by Gasteiger charge is 2.17. The van der Waals surface area contributed by atoms with Crippen LogP contribution in [0.1, 0.15) is 48.4 Å². The van der Waals surface area contributed by atoms with Crippen molar-refractivity contribution in [3.63, 3.8) is 0 Å². The Labute approximate surface area is 309 Å². The lowest BCUT2D eigenvalue weighted by Crippen LogP contribution is -2.30. The number of amides is 2. The smallest absolute Gasteiger partial charge is 0.256 e. The van der Waals surface area contributed by atoms with Gasteiger partial charge in [0.1, 0.15) is 0 Å². The number of rotatable bonds is 9. The Bertz CT molecular complexity index is 1920. The molecule has 9 heteroatoms. The third kappa shape index (κ3) is 11.0. The largest absolute Gasteiger partial charge is 0.339 e. The quantitative estimate of drug-likeness (QED) is 0.147. The number of benzene rings is 2. The van der Waals surface area contributed by atoms with Gasteiger partial charge in [-0.2, -0.15) is 0 Å². The summed E-state index contributed by atoms with van der Waals surface area (Å²) in [6.07, 6.45) is 13.8. The van der Waals surface area contributed by atoms with Gasteiger partial charge >= 0.3 is 0 Å². The zero-order valence-corrected chi connectivity index (χ0v) is 31.1. The van der Waals surface area contributed by atoms with Gasteiger partial charge in [0.15, 0.2) is 0 Å². The second-order valence-electron chi connectivity index (χ2n) is 11.2. The van der Waals surface area contributed by atoms with Crippen molar-refractivity contribution >= 4 is 27.7 Å². The fraction of sp³-hybridized carbons (Fsp3) is 0.190. The number of aromatic nitrogens is 4. The lowest BCUT2D eigenvalue weighted by Gasteiger charge is -2.20. The van der Waals surface area contributed by atoms with Gasteiger partial charge < -0.3 is 9.80 Å². The van der Waals surface area contributed by atoms with Crippen molar-refractivity contribution in [2.45, 2.75) is 27.7 Å². The molecule has 8 nitrogen and oxygen atoms in total. The van der Waals surface area contributed by atoms with E-state index < -0.39 is 0 Å². The van der Waals surface area contributed by atoms with Gasteiger partial charge in [-0.05, 0) is 116 Å². The third-order valence-electron chi connectivity index (χ3n) is 8.13. The molecule has 0 aliphatic carbocycles. The highest BCUT2D eigenvalue weighted by molar-refractivity contribution is 9.10. The number of carbonyl (C=O) groups is 2. The molecule has 0 saturated heterocycles. The molecule has 2 amide bonds. The monoisotopic (exact) mass is 742 g/mol. The van der Waals surface area contributed by atoms with Crippen molar-refractivity contribution in [3.8, 4) is 33.4 Å². The molecule has 0 fully saturated rings. The van der Waals surface area contributed by atoms with Crippen molar-refractivity contribution in [2.75, 3.05) is 26.2 Å². The summed E-state index contributed by atoms with van der Waals surface area (Å²) < 4.78 is 1.10. The van der Waals surface area contributed by atoms with E-state index in [-0.39, 0.29) is 11.8 Å². The number of pyridine rings is 4. The van der Waals surface area contributed by atoms with Crippen molar-refractivity contribution in [2.24, 2.45) is 0 Å². The van der Waals surface area contributed by atoms with E-state index in [2.05, 4.69) is 60.1 Å². The van der Waals surface area contributed by atoms with Gasteiger partial charge in [0.25, 0.3) is 11.8 Å². The molecule has 0 atom stereocenters. The van der Waals surface area contributed by atoms with Crippen LogP contribution in [0.4, 0.5) is 0 Å². The van der Waals surface area contributed by atoms with Gasteiger partial charge in [0, 0.05) is 80.2 Å². The average molecular weight is 744 g/mol. The van der Waals surface area contributed by atoms with E-state index in [1.807, 2.05) is 87.2 Å². The molecule has 4 heterocycles. The van der Waals surface area contributed by atoms with Gasteiger partial charge in [-0.1, -0.05) is 52.3 Å². The lowest BCUT2D eigenvalue weighted by atomic mass is 9.98. The SMILES string of the molecule is Brc1ccc(-c2ccncc2)cc1.CCN(CC)C(=O)c1cccnc1.CCN(CC)C(=O)c1cnccc1-c1ccc(-c2ccncc2)cc1. The fourth-order valence-electron chi connectivity index (χ4n) is 5.25. The van der Waals surface area contributed by atoms with E-state index in [1.54, 1.807) is 66.6 Å². The Kier molecular flexibility index (Phi) is 15.2. The first-order chi connectivity index (χ1) is 24.9. The van der Waals surface area contributed by atoms with Gasteiger partial charge in [-0.15, -0.1) is 0 Å². The molecular weight excluding hydrogens is 700 g/mol. The van der Waals surface area contributed by atoms with Crippen LogP contribution in [-0.2, 0) is 0 Å². The van der Waals surface area contributed by atoms with Gasteiger partial charge in [-0.3, -0.25) is 29.5 Å². The van der Waals surface area contributed by atoms with Crippen LogP contribution in [0.2, 0.25) is 0 Å². The van der Waals surface area contributed by atoms with Crippen LogP contribution in [0.25, 0.3) is 33.4 Å². The van der Waals surface area contributed by atoms with Crippen LogP contribution >= 0.6 is 15.9 Å². The third-order valence-corrected chi connectivity index (χ3v) is 8.66. The molecule has 0 radical (unpaired) electrons. The van der Waals surface area contributed by atoms with Gasteiger partial charge in [-0.25, -0.2) is 0 Å². The number of hydrogen-bond donors (Lipinski definition) is 0. The Morgan fingerprint density at radius 2 is 0.922 bits per heavy atom. The van der Waals surface area contributed by atoms with E-state index in [0.717, 1.165) is 39.8 Å². The summed E-state index contributed by atoms with van der Waals surface area (Å²) in [5, 5.41) is 0. The number of halogens is 1. The van der Waals surface area contributed by atoms with Crippen molar-refractivity contribution in [3.05, 3.63) is 156 Å². The molecule has 0 aliphatic heterocycles. The minimum atomic E-state index is 0.0197. The first-order valence-corrected chi connectivity index (χ1v) is 17.8. The van der Waals surface area contributed by atoms with Crippen molar-refractivity contribution < 1.29 is 9.59 Å². The summed E-state index contributed by atoms with van der Waals surface area (Å²) in [5.74, 6) is 0.0735. The molecule has 0 spiro atoms. The van der Waals surface area contributed by atoms with Crippen LogP contribution in [0.5, 0.6) is 0 Å². The highest BCUT2D eigenvalue weighted by atomic mass is 79.9. The summed E-state index contributed by atoms with van der Waals surface area (Å²) in [7, 11) is 0. The van der Waals surface area contributed by atoms with Crippen LogP contribution < -0.4 is 0 Å². The molecular formula is C42H43BrN6O2. The minimum Gasteiger partial charge on any atom is -0.339 e. The summed E-state index contributed by atoms with van der Waals surface area (Å²) in [6.45, 7) is 10.8. The van der Waals surface area contributed by atoms with Gasteiger partial charge in [0.05, 0.1) is 11.1 Å². The average Bonchev–Trinajstić information content (AvgIpc) is 3.20. The lowest BCUT2D eigenvalue weighted by molar-refractivity contribution is 0.0765. The molecule has 0 N–H and O–H groups in total. The normalized spacial score (nSPS) is 10.1. The van der Waals surface area contributed by atoms with Crippen molar-refractivity contribution in [1.29, 1.82) is 0 Å². The summed E-state index contributed by atoms with van der Waals surface area (Å²) in [6, 6.07) is 29.9. The van der Waals surface area contributed by atoms with E-state index in [0.29, 0.717) is 24.2 Å². The Morgan fingerprint density at radius 3 is 1.41 bits per heavy atom. The molecule has 4 aromatic heterocycles. The first-order valence-electron chi connectivity index (χ1n) is 17.0. The van der Waals surface area contributed by atoms with E-state index in [1.165, 1.54) is 11.1 Å². The molecule has 6 rings (SSSR count). The van der Waals surface area contributed by atoms with E-state index >= 15 is 0 Å². The maximum atomic E-state index is 12.8. The fourth-order valence-corrected chi connectivity index (χ4v) is 5.52. The summed E-state index contributed by atoms with van der Waals surface area (Å²) in [4.78, 5) is 44.1. The van der Waals surface area contributed by atoms with E-state index in [4.69, 9.17) is 0 Å². The molecule has 0 saturated carbocycles.